The summed E-state index contributed by atoms with van der Waals surface area (Å²) in [6, 6.07) is 3.30. The van der Waals surface area contributed by atoms with E-state index in [4.69, 9.17) is 4.74 Å². The van der Waals surface area contributed by atoms with Gasteiger partial charge in [0.2, 0.25) is 0 Å². The van der Waals surface area contributed by atoms with Gasteiger partial charge in [-0.25, -0.2) is 8.78 Å². The highest BCUT2D eigenvalue weighted by molar-refractivity contribution is 5.18. The van der Waals surface area contributed by atoms with E-state index >= 15 is 0 Å². The average Bonchev–Trinajstić information content (AvgIpc) is 2.41. The number of piperidine rings is 1. The first-order chi connectivity index (χ1) is 9.03. The van der Waals surface area contributed by atoms with E-state index in [2.05, 4.69) is 5.32 Å². The summed E-state index contributed by atoms with van der Waals surface area (Å²) in [7, 11) is 0. The molecule has 1 heterocycles. The average molecular weight is 271 g/mol. The number of benzene rings is 1. The van der Waals surface area contributed by atoms with Crippen LogP contribution in [0, 0.1) is 11.6 Å². The van der Waals surface area contributed by atoms with Crippen LogP contribution in [0.2, 0.25) is 0 Å². The Kier molecular flexibility index (Phi) is 4.50. The Morgan fingerprint density at radius 3 is 2.68 bits per heavy atom. The highest BCUT2D eigenvalue weighted by atomic mass is 19.1. The molecule has 106 valence electrons. The lowest BCUT2D eigenvalue weighted by Gasteiger charge is -2.40. The Bertz CT molecular complexity index is 431. The van der Waals surface area contributed by atoms with E-state index in [1.54, 1.807) is 6.92 Å². The van der Waals surface area contributed by atoms with E-state index in [-0.39, 0.29) is 12.2 Å². The van der Waals surface area contributed by atoms with Crippen LogP contribution in [0.4, 0.5) is 8.78 Å². The number of aliphatic hydroxyl groups excluding tert-OH is 1. The van der Waals surface area contributed by atoms with Gasteiger partial charge in [-0.15, -0.1) is 0 Å². The van der Waals surface area contributed by atoms with Crippen molar-refractivity contribution in [1.29, 1.82) is 0 Å². The first-order valence-electron chi connectivity index (χ1n) is 6.50. The molecule has 0 amide bonds. The van der Waals surface area contributed by atoms with Crippen LogP contribution in [0.15, 0.2) is 18.2 Å². The predicted molar refractivity (Wildman–Crippen MR) is 67.7 cm³/mol. The number of rotatable bonds is 4. The second kappa shape index (κ2) is 5.94. The fourth-order valence-corrected chi connectivity index (χ4v) is 2.41. The Labute approximate surface area is 111 Å². The summed E-state index contributed by atoms with van der Waals surface area (Å²) in [6.45, 7) is 3.13. The first kappa shape index (κ1) is 14.4. The van der Waals surface area contributed by atoms with Crippen molar-refractivity contribution >= 4 is 0 Å². The zero-order valence-electron chi connectivity index (χ0n) is 11.0. The van der Waals surface area contributed by atoms with Crippen LogP contribution in [-0.2, 0) is 11.3 Å². The fourth-order valence-electron chi connectivity index (χ4n) is 2.41. The molecular formula is C14H19F2NO2. The standard InChI is InChI=1S/C14H19F2NO2/c1-10(18)14(4-6-17-7-5-14)19-9-11-8-12(15)2-3-13(11)16/h2-3,8,10,17-18H,4-7,9H2,1H3. The maximum absolute atomic E-state index is 13.5. The lowest BCUT2D eigenvalue weighted by molar-refractivity contribution is -0.141. The van der Waals surface area contributed by atoms with E-state index in [9.17, 15) is 13.9 Å². The maximum Gasteiger partial charge on any atom is 0.128 e. The quantitative estimate of drug-likeness (QED) is 0.880. The molecule has 0 aliphatic carbocycles. The molecule has 1 aromatic rings. The molecular weight excluding hydrogens is 252 g/mol. The third-order valence-electron chi connectivity index (χ3n) is 3.73. The molecule has 1 aliphatic heterocycles. The van der Waals surface area contributed by atoms with Crippen molar-refractivity contribution in [2.24, 2.45) is 0 Å². The molecule has 1 aromatic carbocycles. The first-order valence-corrected chi connectivity index (χ1v) is 6.50. The SMILES string of the molecule is CC(O)C1(OCc2cc(F)ccc2F)CCNCC1. The highest BCUT2D eigenvalue weighted by Gasteiger charge is 2.37. The second-order valence-corrected chi connectivity index (χ2v) is 5.02. The normalized spacial score (nSPS) is 20.2. The third-order valence-corrected chi connectivity index (χ3v) is 3.73. The molecule has 0 radical (unpaired) electrons. The smallest absolute Gasteiger partial charge is 0.128 e. The Balaban J connectivity index is 2.08. The van der Waals surface area contributed by atoms with Crippen molar-refractivity contribution in [3.05, 3.63) is 35.4 Å². The minimum Gasteiger partial charge on any atom is -0.390 e. The van der Waals surface area contributed by atoms with Crippen molar-refractivity contribution in [2.45, 2.75) is 38.1 Å². The summed E-state index contributed by atoms with van der Waals surface area (Å²) >= 11 is 0. The summed E-state index contributed by atoms with van der Waals surface area (Å²) in [5.41, 5.74) is -0.497. The lowest BCUT2D eigenvalue weighted by atomic mass is 9.87. The summed E-state index contributed by atoms with van der Waals surface area (Å²) in [5.74, 6) is -0.979. The molecule has 0 aromatic heterocycles. The van der Waals surface area contributed by atoms with Gasteiger partial charge in [-0.1, -0.05) is 0 Å². The summed E-state index contributed by atoms with van der Waals surface area (Å²) in [4.78, 5) is 0. The summed E-state index contributed by atoms with van der Waals surface area (Å²) in [6.07, 6.45) is 0.662. The van der Waals surface area contributed by atoms with E-state index in [1.165, 1.54) is 0 Å². The van der Waals surface area contributed by atoms with Crippen LogP contribution in [-0.4, -0.2) is 29.9 Å². The van der Waals surface area contributed by atoms with Gasteiger partial charge < -0.3 is 15.2 Å². The summed E-state index contributed by atoms with van der Waals surface area (Å²) < 4.78 is 32.4. The van der Waals surface area contributed by atoms with Crippen LogP contribution in [0.25, 0.3) is 0 Å². The largest absolute Gasteiger partial charge is 0.390 e. The number of hydrogen-bond acceptors (Lipinski definition) is 3. The van der Waals surface area contributed by atoms with E-state index in [0.717, 1.165) is 31.3 Å². The molecule has 0 spiro atoms. The van der Waals surface area contributed by atoms with Crippen molar-refractivity contribution in [3.63, 3.8) is 0 Å². The lowest BCUT2D eigenvalue weighted by Crippen LogP contribution is -2.51. The minimum absolute atomic E-state index is 0.0332. The van der Waals surface area contributed by atoms with Gasteiger partial charge >= 0.3 is 0 Å². The number of halogens is 2. The molecule has 1 aliphatic rings. The Morgan fingerprint density at radius 2 is 2.05 bits per heavy atom. The van der Waals surface area contributed by atoms with Crippen molar-refractivity contribution < 1.29 is 18.6 Å². The molecule has 0 saturated carbocycles. The molecule has 2 rings (SSSR count). The number of nitrogens with one attached hydrogen (secondary N) is 1. The van der Waals surface area contributed by atoms with Gasteiger partial charge in [-0.3, -0.25) is 0 Å². The molecule has 1 fully saturated rings. The molecule has 1 saturated heterocycles. The molecule has 5 heteroatoms. The molecule has 1 unspecified atom stereocenters. The maximum atomic E-state index is 13.5. The predicted octanol–water partition coefficient (Wildman–Crippen LogP) is 1.98. The molecule has 0 bridgehead atoms. The van der Waals surface area contributed by atoms with Gasteiger partial charge in [0.25, 0.3) is 0 Å². The van der Waals surface area contributed by atoms with Gasteiger partial charge in [0.05, 0.1) is 18.3 Å². The second-order valence-electron chi connectivity index (χ2n) is 5.02. The third kappa shape index (κ3) is 3.29. The monoisotopic (exact) mass is 271 g/mol. The van der Waals surface area contributed by atoms with Gasteiger partial charge in [-0.2, -0.15) is 0 Å². The highest BCUT2D eigenvalue weighted by Crippen LogP contribution is 2.29. The van der Waals surface area contributed by atoms with Crippen LogP contribution in [0.1, 0.15) is 25.3 Å². The minimum atomic E-state index is -0.677. The fraction of sp³-hybridized carbons (Fsp3) is 0.571. The zero-order chi connectivity index (χ0) is 13.9. The van der Waals surface area contributed by atoms with Gasteiger partial charge in [0.15, 0.2) is 0 Å². The van der Waals surface area contributed by atoms with Gasteiger partial charge in [0, 0.05) is 5.56 Å². The van der Waals surface area contributed by atoms with Gasteiger partial charge in [0.1, 0.15) is 11.6 Å². The topological polar surface area (TPSA) is 41.5 Å². The zero-order valence-corrected chi connectivity index (χ0v) is 11.0. The van der Waals surface area contributed by atoms with Crippen LogP contribution < -0.4 is 5.32 Å². The molecule has 2 N–H and O–H groups in total. The van der Waals surface area contributed by atoms with E-state index < -0.39 is 23.3 Å². The van der Waals surface area contributed by atoms with Gasteiger partial charge in [-0.05, 0) is 51.1 Å². The van der Waals surface area contributed by atoms with E-state index in [1.807, 2.05) is 0 Å². The number of hydrogen-bond donors (Lipinski definition) is 2. The van der Waals surface area contributed by atoms with Crippen LogP contribution >= 0.6 is 0 Å². The molecule has 1 atom stereocenters. The number of aliphatic hydroxyl groups is 1. The van der Waals surface area contributed by atoms with Crippen molar-refractivity contribution in [3.8, 4) is 0 Å². The van der Waals surface area contributed by atoms with Crippen LogP contribution in [0.3, 0.4) is 0 Å². The Morgan fingerprint density at radius 1 is 1.37 bits per heavy atom. The Hall–Kier alpha value is -1.04. The summed E-state index contributed by atoms with van der Waals surface area (Å²) in [5, 5.41) is 13.1. The van der Waals surface area contributed by atoms with Crippen molar-refractivity contribution in [1.82, 2.24) is 5.32 Å². The van der Waals surface area contributed by atoms with Crippen molar-refractivity contribution in [2.75, 3.05) is 13.1 Å². The van der Waals surface area contributed by atoms with E-state index in [0.29, 0.717) is 12.8 Å². The van der Waals surface area contributed by atoms with Crippen LogP contribution in [0.5, 0.6) is 0 Å². The molecule has 19 heavy (non-hydrogen) atoms. The number of ether oxygens (including phenoxy) is 1. The molecule has 3 nitrogen and oxygen atoms in total.